The summed E-state index contributed by atoms with van der Waals surface area (Å²) in [5.74, 6) is 0.301. The van der Waals surface area contributed by atoms with E-state index in [1.54, 1.807) is 21.7 Å². The lowest BCUT2D eigenvalue weighted by molar-refractivity contribution is 0.0705. The Morgan fingerprint density at radius 3 is 2.50 bits per heavy atom. The van der Waals surface area contributed by atoms with Crippen LogP contribution in [0.25, 0.3) is 16.4 Å². The minimum atomic E-state index is -0.314. The van der Waals surface area contributed by atoms with Gasteiger partial charge in [0.25, 0.3) is 5.91 Å². The highest BCUT2D eigenvalue weighted by Gasteiger charge is 2.27. The first kappa shape index (κ1) is 18.8. The average Bonchev–Trinajstić information content (AvgIpc) is 3.31. The van der Waals surface area contributed by atoms with Crippen molar-refractivity contribution in [3.8, 4) is 16.4 Å². The number of carbonyl (C=O) groups excluding carboxylic acids is 1. The van der Waals surface area contributed by atoms with Gasteiger partial charge in [0, 0.05) is 13.1 Å². The van der Waals surface area contributed by atoms with Crippen LogP contribution in [0.1, 0.15) is 49.1 Å². The third-order valence-electron chi connectivity index (χ3n) is 5.30. The van der Waals surface area contributed by atoms with Crippen molar-refractivity contribution in [1.82, 2.24) is 19.7 Å². The first-order valence-corrected chi connectivity index (χ1v) is 10.6. The van der Waals surface area contributed by atoms with Crippen molar-refractivity contribution in [3.63, 3.8) is 0 Å². The molecule has 1 amide bonds. The Morgan fingerprint density at radius 1 is 1.14 bits per heavy atom. The summed E-state index contributed by atoms with van der Waals surface area (Å²) in [6.45, 7) is 0. The van der Waals surface area contributed by atoms with Gasteiger partial charge in [0.05, 0.1) is 10.6 Å². The molecule has 4 rings (SSSR count). The molecule has 1 saturated carbocycles. The van der Waals surface area contributed by atoms with E-state index in [4.69, 9.17) is 0 Å². The Kier molecular flexibility index (Phi) is 5.52. The second-order valence-electron chi connectivity index (χ2n) is 7.19. The maximum absolute atomic E-state index is 13.4. The summed E-state index contributed by atoms with van der Waals surface area (Å²) in [4.78, 5) is 20.4. The fraction of sp³-hybridized carbons (Fsp3) is 0.381. The topological polar surface area (TPSA) is 51.0 Å². The maximum atomic E-state index is 13.4. The molecule has 1 aliphatic carbocycles. The second kappa shape index (κ2) is 8.22. The van der Waals surface area contributed by atoms with Crippen LogP contribution in [0, 0.1) is 5.82 Å². The van der Waals surface area contributed by atoms with Gasteiger partial charge in [-0.25, -0.2) is 14.1 Å². The molecule has 1 fully saturated rings. The van der Waals surface area contributed by atoms with Gasteiger partial charge in [-0.2, -0.15) is 0 Å². The van der Waals surface area contributed by atoms with Gasteiger partial charge in [-0.05, 0) is 48.6 Å². The van der Waals surface area contributed by atoms with Gasteiger partial charge in [0.2, 0.25) is 5.82 Å². The summed E-state index contributed by atoms with van der Waals surface area (Å²) in [6.07, 6.45) is 6.83. The van der Waals surface area contributed by atoms with E-state index in [1.807, 2.05) is 24.6 Å². The van der Waals surface area contributed by atoms with E-state index in [-0.39, 0.29) is 23.6 Å². The predicted octanol–water partition coefficient (Wildman–Crippen LogP) is 4.93. The van der Waals surface area contributed by atoms with Crippen LogP contribution < -0.4 is 0 Å². The van der Waals surface area contributed by atoms with Crippen molar-refractivity contribution in [2.45, 2.75) is 44.6 Å². The quantitative estimate of drug-likeness (QED) is 0.586. The molecule has 3 aromatic rings. The highest BCUT2D eigenvalue weighted by molar-refractivity contribution is 7.13. The molecule has 0 saturated heterocycles. The van der Waals surface area contributed by atoms with Crippen molar-refractivity contribution in [1.29, 1.82) is 0 Å². The molecule has 28 heavy (non-hydrogen) atoms. The van der Waals surface area contributed by atoms with Gasteiger partial charge in [-0.15, -0.1) is 16.4 Å². The Morgan fingerprint density at radius 2 is 1.86 bits per heavy atom. The molecular weight excluding hydrogens is 375 g/mol. The molecule has 0 aliphatic heterocycles. The lowest BCUT2D eigenvalue weighted by Crippen LogP contribution is -2.37. The van der Waals surface area contributed by atoms with Crippen LogP contribution in [0.15, 0.2) is 41.8 Å². The molecule has 1 aliphatic rings. The third-order valence-corrected chi connectivity index (χ3v) is 6.17. The van der Waals surface area contributed by atoms with Crippen LogP contribution in [-0.4, -0.2) is 38.7 Å². The Bertz CT molecular complexity index is 928. The summed E-state index contributed by atoms with van der Waals surface area (Å²) < 4.78 is 15.0. The molecule has 0 spiro atoms. The van der Waals surface area contributed by atoms with E-state index < -0.39 is 0 Å². The number of rotatable bonds is 4. The van der Waals surface area contributed by atoms with Gasteiger partial charge in [0.1, 0.15) is 5.82 Å². The van der Waals surface area contributed by atoms with Crippen molar-refractivity contribution in [3.05, 3.63) is 53.4 Å². The van der Waals surface area contributed by atoms with Gasteiger partial charge in [0.15, 0.2) is 5.82 Å². The lowest BCUT2D eigenvalue weighted by atomic mass is 10.1. The van der Waals surface area contributed by atoms with E-state index >= 15 is 0 Å². The number of amides is 1. The summed E-state index contributed by atoms with van der Waals surface area (Å²) in [5.41, 5.74) is 0.675. The summed E-state index contributed by atoms with van der Waals surface area (Å²) >= 11 is 1.53. The maximum Gasteiger partial charge on any atom is 0.293 e. The van der Waals surface area contributed by atoms with Crippen LogP contribution in [0.2, 0.25) is 0 Å². The minimum absolute atomic E-state index is 0.162. The average molecular weight is 399 g/mol. The molecule has 7 heteroatoms. The summed E-state index contributed by atoms with van der Waals surface area (Å²) in [6, 6.07) is 10.2. The minimum Gasteiger partial charge on any atom is -0.336 e. The zero-order chi connectivity index (χ0) is 19.5. The number of hydrogen-bond acceptors (Lipinski definition) is 4. The normalized spacial score (nSPS) is 15.4. The smallest absolute Gasteiger partial charge is 0.293 e. The number of thiophene rings is 1. The van der Waals surface area contributed by atoms with Crippen molar-refractivity contribution >= 4 is 17.2 Å². The summed E-state index contributed by atoms with van der Waals surface area (Å²) in [7, 11) is 1.85. The van der Waals surface area contributed by atoms with Gasteiger partial charge in [-0.3, -0.25) is 4.79 Å². The Hall–Kier alpha value is -2.54. The summed E-state index contributed by atoms with van der Waals surface area (Å²) in [5, 5.41) is 6.46. The fourth-order valence-electron chi connectivity index (χ4n) is 3.70. The van der Waals surface area contributed by atoms with Gasteiger partial charge >= 0.3 is 0 Å². The number of hydrogen-bond donors (Lipinski definition) is 0. The SMILES string of the molecule is CN(C(=O)c1nc(-c2cccs2)n(-c2ccc(F)cc2)n1)C1CCCCCC1. The first-order chi connectivity index (χ1) is 13.6. The predicted molar refractivity (Wildman–Crippen MR) is 108 cm³/mol. The largest absolute Gasteiger partial charge is 0.336 e. The molecule has 146 valence electrons. The Balaban J connectivity index is 1.68. The molecule has 0 radical (unpaired) electrons. The van der Waals surface area contributed by atoms with Gasteiger partial charge < -0.3 is 4.90 Å². The molecule has 1 aromatic carbocycles. The second-order valence-corrected chi connectivity index (χ2v) is 8.13. The first-order valence-electron chi connectivity index (χ1n) is 9.67. The monoisotopic (exact) mass is 398 g/mol. The molecule has 2 aromatic heterocycles. The van der Waals surface area contributed by atoms with Crippen molar-refractivity contribution < 1.29 is 9.18 Å². The van der Waals surface area contributed by atoms with E-state index in [9.17, 15) is 9.18 Å². The highest BCUT2D eigenvalue weighted by atomic mass is 32.1. The van der Waals surface area contributed by atoms with Crippen LogP contribution in [0.4, 0.5) is 4.39 Å². The van der Waals surface area contributed by atoms with Crippen LogP contribution in [0.5, 0.6) is 0 Å². The number of halogens is 1. The third kappa shape index (κ3) is 3.85. The highest BCUT2D eigenvalue weighted by Crippen LogP contribution is 2.27. The van der Waals surface area contributed by atoms with E-state index in [0.717, 1.165) is 30.6 Å². The molecule has 0 N–H and O–H groups in total. The van der Waals surface area contributed by atoms with Crippen molar-refractivity contribution in [2.24, 2.45) is 0 Å². The van der Waals surface area contributed by atoms with Crippen LogP contribution in [-0.2, 0) is 0 Å². The van der Waals surface area contributed by atoms with Crippen LogP contribution >= 0.6 is 11.3 Å². The molecule has 5 nitrogen and oxygen atoms in total. The standard InChI is InChI=1S/C21H23FN4OS/c1-25(16-7-4-2-3-5-8-16)21(27)19-23-20(18-9-6-14-28-18)26(24-19)17-12-10-15(22)11-13-17/h6,9-14,16H,2-5,7-8H2,1H3. The molecular formula is C21H23FN4OS. The zero-order valence-electron chi connectivity index (χ0n) is 15.8. The lowest BCUT2D eigenvalue weighted by Gasteiger charge is -2.26. The fourth-order valence-corrected chi connectivity index (χ4v) is 4.40. The Labute approximate surface area is 167 Å². The number of benzene rings is 1. The van der Waals surface area contributed by atoms with Gasteiger partial charge in [-0.1, -0.05) is 31.7 Å². The molecule has 2 heterocycles. The van der Waals surface area contributed by atoms with Crippen molar-refractivity contribution in [2.75, 3.05) is 7.05 Å². The van der Waals surface area contributed by atoms with E-state index in [1.165, 1.54) is 36.3 Å². The van der Waals surface area contributed by atoms with E-state index in [2.05, 4.69) is 10.1 Å². The number of nitrogens with zero attached hydrogens (tertiary/aromatic N) is 4. The molecule has 0 unspecified atom stereocenters. The number of carbonyl (C=O) groups is 1. The van der Waals surface area contributed by atoms with Crippen LogP contribution in [0.3, 0.4) is 0 Å². The molecule has 0 bridgehead atoms. The van der Waals surface area contributed by atoms with E-state index in [0.29, 0.717) is 11.5 Å². The zero-order valence-corrected chi connectivity index (χ0v) is 16.7. The molecule has 0 atom stereocenters. The number of aromatic nitrogens is 3.